The second kappa shape index (κ2) is 10.9. The van der Waals surface area contributed by atoms with Crippen LogP contribution in [0.5, 0.6) is 0 Å². The van der Waals surface area contributed by atoms with Gasteiger partial charge >= 0.3 is 11.9 Å². The molecule has 3 saturated carbocycles. The predicted molar refractivity (Wildman–Crippen MR) is 138 cm³/mol. The maximum Gasteiger partial charge on any atom is 0.326 e. The zero-order valence-electron chi connectivity index (χ0n) is 21.8. The van der Waals surface area contributed by atoms with E-state index < -0.39 is 17.9 Å². The third-order valence-corrected chi connectivity index (χ3v) is 10.6. The first kappa shape index (κ1) is 27.2. The highest BCUT2D eigenvalue weighted by molar-refractivity contribution is 7.98. The predicted octanol–water partition coefficient (Wildman–Crippen LogP) is 4.53. The quantitative estimate of drug-likeness (QED) is 0.431. The number of ether oxygens (including phenoxy) is 1. The summed E-state index contributed by atoms with van der Waals surface area (Å²) in [7, 11) is 0. The number of hydrogen-bond acceptors (Lipinski definition) is 6. The summed E-state index contributed by atoms with van der Waals surface area (Å²) in [6, 6.07) is -0.930. The number of carbonyl (C=O) groups is 4. The van der Waals surface area contributed by atoms with Crippen molar-refractivity contribution < 1.29 is 29.0 Å². The summed E-state index contributed by atoms with van der Waals surface area (Å²) in [5.74, 6) is 0.765. The van der Waals surface area contributed by atoms with E-state index in [0.717, 1.165) is 44.9 Å². The number of aliphatic carboxylic acids is 1. The second-order valence-corrected chi connectivity index (χ2v) is 12.8. The van der Waals surface area contributed by atoms with Crippen molar-refractivity contribution in [2.75, 3.05) is 12.0 Å². The lowest BCUT2D eigenvalue weighted by Gasteiger charge is -2.57. The van der Waals surface area contributed by atoms with Crippen LogP contribution in [0, 0.1) is 28.6 Å². The fraction of sp³-hybridized carbons (Fsp3) is 0.786. The normalized spacial score (nSPS) is 36.1. The Hall–Kier alpha value is -1.83. The SMILES string of the molecule is CSCCC(NC(=O)CCC(=O)OC1CCC2C3CCC4=CC(=O)CCC4(C)C3CCC12C)C(=O)O. The van der Waals surface area contributed by atoms with Crippen LogP contribution < -0.4 is 5.32 Å². The molecule has 0 saturated heterocycles. The number of hydrogen-bond donors (Lipinski definition) is 2. The molecule has 7 nitrogen and oxygen atoms in total. The fourth-order valence-electron chi connectivity index (χ4n) is 7.90. The molecule has 0 radical (unpaired) electrons. The van der Waals surface area contributed by atoms with Gasteiger partial charge in [0.2, 0.25) is 5.91 Å². The molecule has 0 aliphatic heterocycles. The molecule has 7 atom stereocenters. The minimum absolute atomic E-state index is 0.0374. The summed E-state index contributed by atoms with van der Waals surface area (Å²) in [6.07, 6.45) is 11.7. The molecule has 1 amide bonds. The number of esters is 1. The molecule has 200 valence electrons. The van der Waals surface area contributed by atoms with Crippen molar-refractivity contribution in [3.05, 3.63) is 11.6 Å². The van der Waals surface area contributed by atoms with Gasteiger partial charge in [-0.15, -0.1) is 0 Å². The first-order valence-corrected chi connectivity index (χ1v) is 14.9. The molecule has 0 bridgehead atoms. The van der Waals surface area contributed by atoms with Crippen molar-refractivity contribution in [1.29, 1.82) is 0 Å². The van der Waals surface area contributed by atoms with Crippen LogP contribution in [0.15, 0.2) is 11.6 Å². The zero-order valence-corrected chi connectivity index (χ0v) is 22.7. The Morgan fingerprint density at radius 3 is 2.61 bits per heavy atom. The summed E-state index contributed by atoms with van der Waals surface area (Å²) in [4.78, 5) is 48.4. The summed E-state index contributed by atoms with van der Waals surface area (Å²) < 4.78 is 5.98. The topological polar surface area (TPSA) is 110 Å². The van der Waals surface area contributed by atoms with Gasteiger partial charge in [-0.1, -0.05) is 19.4 Å². The highest BCUT2D eigenvalue weighted by Gasteiger charge is 2.59. The number of thioether (sulfide) groups is 1. The van der Waals surface area contributed by atoms with Crippen molar-refractivity contribution in [2.24, 2.45) is 28.6 Å². The number of amides is 1. The maximum atomic E-state index is 12.7. The van der Waals surface area contributed by atoms with E-state index in [-0.39, 0.29) is 41.5 Å². The number of carboxylic acids is 1. The van der Waals surface area contributed by atoms with Crippen LogP contribution in [-0.2, 0) is 23.9 Å². The van der Waals surface area contributed by atoms with Crippen LogP contribution in [-0.4, -0.2) is 52.9 Å². The van der Waals surface area contributed by atoms with Gasteiger partial charge in [-0.2, -0.15) is 11.8 Å². The minimum Gasteiger partial charge on any atom is -0.480 e. The molecule has 8 heteroatoms. The lowest BCUT2D eigenvalue weighted by Crippen LogP contribution is -2.51. The molecular weight excluding hydrogens is 478 g/mol. The molecule has 36 heavy (non-hydrogen) atoms. The maximum absolute atomic E-state index is 12.7. The van der Waals surface area contributed by atoms with Crippen molar-refractivity contribution >= 4 is 35.4 Å². The molecule has 0 spiro atoms. The van der Waals surface area contributed by atoms with Gasteiger partial charge in [0, 0.05) is 18.3 Å². The van der Waals surface area contributed by atoms with E-state index in [9.17, 15) is 24.3 Å². The number of allylic oxidation sites excluding steroid dienone is 1. The van der Waals surface area contributed by atoms with Gasteiger partial charge in [-0.05, 0) is 92.6 Å². The summed E-state index contributed by atoms with van der Waals surface area (Å²) in [5, 5.41) is 11.8. The molecule has 4 aliphatic carbocycles. The molecule has 3 fully saturated rings. The summed E-state index contributed by atoms with van der Waals surface area (Å²) >= 11 is 1.53. The molecule has 0 aromatic carbocycles. The number of rotatable bonds is 9. The fourth-order valence-corrected chi connectivity index (χ4v) is 8.37. The van der Waals surface area contributed by atoms with Crippen LogP contribution in [0.1, 0.15) is 84.5 Å². The summed E-state index contributed by atoms with van der Waals surface area (Å²) in [6.45, 7) is 4.66. The van der Waals surface area contributed by atoms with Gasteiger partial charge in [0.25, 0.3) is 0 Å². The lowest BCUT2D eigenvalue weighted by molar-refractivity contribution is -0.160. The molecule has 4 rings (SSSR count). The van der Waals surface area contributed by atoms with Gasteiger partial charge in [0.15, 0.2) is 5.78 Å². The highest BCUT2D eigenvalue weighted by atomic mass is 32.2. The number of carboxylic acid groups (broad SMARTS) is 1. The van der Waals surface area contributed by atoms with Crippen LogP contribution in [0.2, 0.25) is 0 Å². The minimum atomic E-state index is -1.06. The molecule has 0 aromatic heterocycles. The number of fused-ring (bicyclic) bond motifs is 5. The van der Waals surface area contributed by atoms with Crippen molar-refractivity contribution in [2.45, 2.75) is 96.6 Å². The van der Waals surface area contributed by atoms with E-state index in [2.05, 4.69) is 19.2 Å². The van der Waals surface area contributed by atoms with E-state index in [1.807, 2.05) is 12.3 Å². The molecule has 4 aliphatic rings. The smallest absolute Gasteiger partial charge is 0.326 e. The number of carbonyl (C=O) groups excluding carboxylic acids is 3. The Labute approximate surface area is 218 Å². The Balaban J connectivity index is 1.32. The second-order valence-electron chi connectivity index (χ2n) is 11.8. The molecule has 0 aromatic rings. The van der Waals surface area contributed by atoms with Crippen LogP contribution in [0.25, 0.3) is 0 Å². The molecule has 7 unspecified atom stereocenters. The van der Waals surface area contributed by atoms with Gasteiger partial charge in [0.05, 0.1) is 6.42 Å². The van der Waals surface area contributed by atoms with Crippen LogP contribution >= 0.6 is 11.8 Å². The van der Waals surface area contributed by atoms with Crippen LogP contribution in [0.4, 0.5) is 0 Å². The monoisotopic (exact) mass is 519 g/mol. The average Bonchev–Trinajstić information content (AvgIpc) is 3.16. The highest BCUT2D eigenvalue weighted by Crippen LogP contribution is 2.65. The third kappa shape index (κ3) is 5.25. The largest absolute Gasteiger partial charge is 0.480 e. The van der Waals surface area contributed by atoms with Crippen molar-refractivity contribution in [3.63, 3.8) is 0 Å². The average molecular weight is 520 g/mol. The lowest BCUT2D eigenvalue weighted by atomic mass is 9.47. The Morgan fingerprint density at radius 1 is 1.11 bits per heavy atom. The Bertz CT molecular complexity index is 933. The van der Waals surface area contributed by atoms with Gasteiger partial charge < -0.3 is 15.2 Å². The van der Waals surface area contributed by atoms with E-state index in [1.165, 1.54) is 17.3 Å². The van der Waals surface area contributed by atoms with E-state index >= 15 is 0 Å². The number of ketones is 1. The van der Waals surface area contributed by atoms with E-state index in [4.69, 9.17) is 4.74 Å². The van der Waals surface area contributed by atoms with E-state index in [1.54, 1.807) is 0 Å². The van der Waals surface area contributed by atoms with Crippen LogP contribution in [0.3, 0.4) is 0 Å². The summed E-state index contributed by atoms with van der Waals surface area (Å²) in [5.41, 5.74) is 1.44. The van der Waals surface area contributed by atoms with Gasteiger partial charge in [0.1, 0.15) is 12.1 Å². The standard InChI is InChI=1S/C28H41NO6S/c1-27-13-10-18(30)16-17(27)4-5-19-20-6-7-23(28(20,2)14-11-21(19)27)35-25(32)9-8-24(31)29-22(26(33)34)12-15-36-3/h16,19-23H,4-15H2,1-3H3,(H,29,31)(H,33,34). The third-order valence-electron chi connectivity index (χ3n) is 9.95. The Kier molecular flexibility index (Phi) is 8.22. The zero-order chi connectivity index (χ0) is 26.1. The van der Waals surface area contributed by atoms with Gasteiger partial charge in [-0.3, -0.25) is 14.4 Å². The van der Waals surface area contributed by atoms with Crippen molar-refractivity contribution in [3.8, 4) is 0 Å². The first-order valence-electron chi connectivity index (χ1n) is 13.5. The van der Waals surface area contributed by atoms with Gasteiger partial charge in [-0.25, -0.2) is 4.79 Å². The van der Waals surface area contributed by atoms with Crippen molar-refractivity contribution in [1.82, 2.24) is 5.32 Å². The molecule has 2 N–H and O–H groups in total. The number of nitrogens with one attached hydrogen (secondary N) is 1. The molecule has 0 heterocycles. The van der Waals surface area contributed by atoms with E-state index in [0.29, 0.717) is 36.3 Å². The first-order chi connectivity index (χ1) is 17.1. The Morgan fingerprint density at radius 2 is 1.89 bits per heavy atom. The molecular formula is C28H41NO6S.